The Bertz CT molecular complexity index is 181. The van der Waals surface area contributed by atoms with Gasteiger partial charge in [-0.2, -0.15) is 0 Å². The summed E-state index contributed by atoms with van der Waals surface area (Å²) in [7, 11) is 0. The molecule has 0 saturated heterocycles. The molecule has 0 heterocycles. The van der Waals surface area contributed by atoms with E-state index in [0.717, 1.165) is 25.7 Å². The third-order valence-corrected chi connectivity index (χ3v) is 2.61. The quantitative estimate of drug-likeness (QED) is 0.620. The molecule has 1 unspecified atom stereocenters. The maximum atomic E-state index is 11.3. The van der Waals surface area contributed by atoms with Gasteiger partial charge in [0.25, 0.3) is 0 Å². The molecule has 3 N–H and O–H groups in total. The molecule has 0 aliphatic heterocycles. The number of urea groups is 1. The Morgan fingerprint density at radius 1 is 1.57 bits per heavy atom. The highest BCUT2D eigenvalue weighted by molar-refractivity contribution is 5.74. The van der Waals surface area contributed by atoms with E-state index in [1.807, 2.05) is 6.92 Å². The van der Waals surface area contributed by atoms with Crippen molar-refractivity contribution in [3.05, 3.63) is 0 Å². The Hall–Kier alpha value is -0.770. The first kappa shape index (κ1) is 11.3. The first-order valence-electron chi connectivity index (χ1n) is 5.40. The van der Waals surface area contributed by atoms with Gasteiger partial charge in [-0.1, -0.05) is 0 Å². The van der Waals surface area contributed by atoms with Gasteiger partial charge in [0.2, 0.25) is 0 Å². The number of amides is 2. The SMILES string of the molecule is CC(CCCO)NC(=O)NC1CCC1. The summed E-state index contributed by atoms with van der Waals surface area (Å²) in [5, 5.41) is 14.4. The number of hydrogen-bond acceptors (Lipinski definition) is 2. The summed E-state index contributed by atoms with van der Waals surface area (Å²) in [5.41, 5.74) is 0. The monoisotopic (exact) mass is 200 g/mol. The molecule has 1 fully saturated rings. The third kappa shape index (κ3) is 3.96. The average molecular weight is 200 g/mol. The van der Waals surface area contributed by atoms with E-state index < -0.39 is 0 Å². The Morgan fingerprint density at radius 2 is 2.29 bits per heavy atom. The highest BCUT2D eigenvalue weighted by atomic mass is 16.3. The summed E-state index contributed by atoms with van der Waals surface area (Å²) >= 11 is 0. The molecule has 2 amide bonds. The van der Waals surface area contributed by atoms with Crippen LogP contribution in [0, 0.1) is 0 Å². The molecule has 1 aliphatic rings. The van der Waals surface area contributed by atoms with Crippen molar-refractivity contribution in [2.24, 2.45) is 0 Å². The van der Waals surface area contributed by atoms with Crippen LogP contribution in [-0.4, -0.2) is 29.8 Å². The normalized spacial score (nSPS) is 18.4. The van der Waals surface area contributed by atoms with Gasteiger partial charge in [0.1, 0.15) is 0 Å². The van der Waals surface area contributed by atoms with Gasteiger partial charge in [-0.05, 0) is 39.0 Å². The van der Waals surface area contributed by atoms with E-state index in [9.17, 15) is 4.79 Å². The number of hydrogen-bond donors (Lipinski definition) is 3. The van der Waals surface area contributed by atoms with Crippen LogP contribution in [0.5, 0.6) is 0 Å². The summed E-state index contributed by atoms with van der Waals surface area (Å²) in [4.78, 5) is 11.3. The summed E-state index contributed by atoms with van der Waals surface area (Å²) in [6.45, 7) is 2.15. The Labute approximate surface area is 85.1 Å². The predicted octanol–water partition coefficient (Wildman–Crippen LogP) is 0.999. The second kappa shape index (κ2) is 5.86. The van der Waals surface area contributed by atoms with Gasteiger partial charge in [-0.25, -0.2) is 4.79 Å². The molecule has 14 heavy (non-hydrogen) atoms. The number of carbonyl (C=O) groups excluding carboxylic acids is 1. The van der Waals surface area contributed by atoms with E-state index >= 15 is 0 Å². The van der Waals surface area contributed by atoms with Gasteiger partial charge in [0.05, 0.1) is 0 Å². The van der Waals surface area contributed by atoms with Crippen LogP contribution >= 0.6 is 0 Å². The van der Waals surface area contributed by atoms with Gasteiger partial charge >= 0.3 is 6.03 Å². The van der Waals surface area contributed by atoms with Crippen molar-refractivity contribution in [1.29, 1.82) is 0 Å². The van der Waals surface area contributed by atoms with Crippen molar-refractivity contribution in [2.45, 2.75) is 51.1 Å². The average Bonchev–Trinajstić information content (AvgIpc) is 2.08. The molecule has 0 spiro atoms. The topological polar surface area (TPSA) is 61.4 Å². The Kier molecular flexibility index (Phi) is 4.73. The van der Waals surface area contributed by atoms with Crippen LogP contribution in [0.3, 0.4) is 0 Å². The smallest absolute Gasteiger partial charge is 0.315 e. The maximum Gasteiger partial charge on any atom is 0.315 e. The lowest BCUT2D eigenvalue weighted by atomic mass is 9.93. The van der Waals surface area contributed by atoms with Crippen molar-refractivity contribution < 1.29 is 9.90 Å². The Morgan fingerprint density at radius 3 is 2.79 bits per heavy atom. The molecular weight excluding hydrogens is 180 g/mol. The lowest BCUT2D eigenvalue weighted by Gasteiger charge is -2.27. The van der Waals surface area contributed by atoms with Crippen LogP contribution in [0.15, 0.2) is 0 Å². The van der Waals surface area contributed by atoms with Crippen molar-refractivity contribution in [3.8, 4) is 0 Å². The van der Waals surface area contributed by atoms with E-state index in [1.165, 1.54) is 6.42 Å². The highest BCUT2D eigenvalue weighted by Crippen LogP contribution is 2.17. The van der Waals surface area contributed by atoms with E-state index in [0.29, 0.717) is 6.04 Å². The zero-order valence-corrected chi connectivity index (χ0v) is 8.75. The van der Waals surface area contributed by atoms with Crippen molar-refractivity contribution in [3.63, 3.8) is 0 Å². The minimum absolute atomic E-state index is 0.0693. The number of aliphatic hydroxyl groups is 1. The minimum atomic E-state index is -0.0693. The fourth-order valence-electron chi connectivity index (χ4n) is 1.47. The van der Waals surface area contributed by atoms with E-state index in [4.69, 9.17) is 5.11 Å². The van der Waals surface area contributed by atoms with Gasteiger partial charge in [0.15, 0.2) is 0 Å². The van der Waals surface area contributed by atoms with Gasteiger partial charge in [-0.15, -0.1) is 0 Å². The maximum absolute atomic E-state index is 11.3. The lowest BCUT2D eigenvalue weighted by molar-refractivity contribution is 0.222. The second-order valence-electron chi connectivity index (χ2n) is 4.01. The fraction of sp³-hybridized carbons (Fsp3) is 0.900. The summed E-state index contributed by atoms with van der Waals surface area (Å²) < 4.78 is 0. The molecule has 0 aromatic rings. The van der Waals surface area contributed by atoms with Crippen LogP contribution in [-0.2, 0) is 0 Å². The van der Waals surface area contributed by atoms with Gasteiger partial charge in [0, 0.05) is 18.7 Å². The lowest BCUT2D eigenvalue weighted by Crippen LogP contribution is -2.47. The second-order valence-corrected chi connectivity index (χ2v) is 4.01. The van der Waals surface area contributed by atoms with Crippen LogP contribution < -0.4 is 10.6 Å². The molecular formula is C10H20N2O2. The molecule has 82 valence electrons. The van der Waals surface area contributed by atoms with Crippen LogP contribution in [0.25, 0.3) is 0 Å². The first-order valence-corrected chi connectivity index (χ1v) is 5.40. The van der Waals surface area contributed by atoms with Crippen molar-refractivity contribution >= 4 is 6.03 Å². The van der Waals surface area contributed by atoms with Gasteiger partial charge in [-0.3, -0.25) is 0 Å². The molecule has 0 bridgehead atoms. The molecule has 1 rings (SSSR count). The van der Waals surface area contributed by atoms with Crippen LogP contribution in [0.1, 0.15) is 39.0 Å². The highest BCUT2D eigenvalue weighted by Gasteiger charge is 2.19. The van der Waals surface area contributed by atoms with E-state index in [-0.39, 0.29) is 18.7 Å². The zero-order valence-electron chi connectivity index (χ0n) is 8.75. The number of carbonyl (C=O) groups is 1. The van der Waals surface area contributed by atoms with Crippen molar-refractivity contribution in [1.82, 2.24) is 10.6 Å². The third-order valence-electron chi connectivity index (χ3n) is 2.61. The minimum Gasteiger partial charge on any atom is -0.396 e. The number of rotatable bonds is 5. The molecule has 1 atom stereocenters. The predicted molar refractivity (Wildman–Crippen MR) is 55.1 cm³/mol. The standard InChI is InChI=1S/C10H20N2O2/c1-8(4-3-7-13)11-10(14)12-9-5-2-6-9/h8-9,13H,2-7H2,1H3,(H2,11,12,14). The van der Waals surface area contributed by atoms with E-state index in [1.54, 1.807) is 0 Å². The van der Waals surface area contributed by atoms with E-state index in [2.05, 4.69) is 10.6 Å². The molecule has 4 nitrogen and oxygen atoms in total. The molecule has 0 aromatic heterocycles. The molecule has 1 aliphatic carbocycles. The molecule has 0 aromatic carbocycles. The number of aliphatic hydroxyl groups excluding tert-OH is 1. The fourth-order valence-corrected chi connectivity index (χ4v) is 1.47. The van der Waals surface area contributed by atoms with Crippen LogP contribution in [0.2, 0.25) is 0 Å². The van der Waals surface area contributed by atoms with Crippen molar-refractivity contribution in [2.75, 3.05) is 6.61 Å². The van der Waals surface area contributed by atoms with Crippen LogP contribution in [0.4, 0.5) is 4.79 Å². The molecule has 4 heteroatoms. The molecule has 1 saturated carbocycles. The summed E-state index contributed by atoms with van der Waals surface area (Å²) in [6, 6.07) is 0.461. The largest absolute Gasteiger partial charge is 0.396 e. The van der Waals surface area contributed by atoms with Gasteiger partial charge < -0.3 is 15.7 Å². The summed E-state index contributed by atoms with van der Waals surface area (Å²) in [6.07, 6.45) is 5.02. The Balaban J connectivity index is 2.05. The zero-order chi connectivity index (χ0) is 10.4. The first-order chi connectivity index (χ1) is 6.72. The molecule has 0 radical (unpaired) electrons. The number of nitrogens with one attached hydrogen (secondary N) is 2. The summed E-state index contributed by atoms with van der Waals surface area (Å²) in [5.74, 6) is 0.